The van der Waals surface area contributed by atoms with Gasteiger partial charge in [0, 0.05) is 0 Å². The van der Waals surface area contributed by atoms with Gasteiger partial charge < -0.3 is 10.1 Å². The summed E-state index contributed by atoms with van der Waals surface area (Å²) in [6.45, 7) is 1.51. The lowest BCUT2D eigenvalue weighted by Crippen LogP contribution is -2.42. The number of para-hydroxylation sites is 1. The number of benzene rings is 3. The molecule has 0 bridgehead atoms. The van der Waals surface area contributed by atoms with Crippen molar-refractivity contribution in [2.24, 2.45) is 0 Å². The van der Waals surface area contributed by atoms with E-state index in [0.29, 0.717) is 17.9 Å². The van der Waals surface area contributed by atoms with E-state index in [1.807, 2.05) is 19.1 Å². The number of anilines is 1. The summed E-state index contributed by atoms with van der Waals surface area (Å²) < 4.78 is 46.1. The summed E-state index contributed by atoms with van der Waals surface area (Å²) in [6, 6.07) is 19.9. The molecule has 0 heterocycles. The third kappa shape index (κ3) is 5.45. The van der Waals surface area contributed by atoms with E-state index in [-0.39, 0.29) is 10.9 Å². The van der Waals surface area contributed by atoms with Crippen molar-refractivity contribution >= 4 is 21.6 Å². The van der Waals surface area contributed by atoms with Crippen LogP contribution in [-0.4, -0.2) is 28.0 Å². The van der Waals surface area contributed by atoms with Crippen LogP contribution in [0.5, 0.6) is 5.75 Å². The largest absolute Gasteiger partial charge is 0.497 e. The van der Waals surface area contributed by atoms with Crippen molar-refractivity contribution in [3.63, 3.8) is 0 Å². The standard InChI is InChI=1S/C24H25FN2O4S/c1-3-23(18-9-13-21(31-2)14-10-18)26-24(28)17-27(20-7-5-4-6-8-20)32(29,30)22-15-11-19(25)12-16-22/h4-16,23H,3,17H2,1-2H3,(H,26,28)/t23-/m1/s1. The van der Waals surface area contributed by atoms with Crippen LogP contribution in [0.3, 0.4) is 0 Å². The van der Waals surface area contributed by atoms with E-state index in [1.54, 1.807) is 49.6 Å². The minimum atomic E-state index is -4.09. The van der Waals surface area contributed by atoms with Crippen LogP contribution >= 0.6 is 0 Å². The van der Waals surface area contributed by atoms with Crippen LogP contribution in [0.4, 0.5) is 10.1 Å². The lowest BCUT2D eigenvalue weighted by molar-refractivity contribution is -0.120. The number of carbonyl (C=O) groups excluding carboxylic acids is 1. The number of rotatable bonds is 9. The smallest absolute Gasteiger partial charge is 0.264 e. The predicted octanol–water partition coefficient (Wildman–Crippen LogP) is 4.30. The number of amides is 1. The zero-order valence-corrected chi connectivity index (χ0v) is 18.7. The zero-order valence-electron chi connectivity index (χ0n) is 17.9. The molecule has 0 aliphatic rings. The van der Waals surface area contributed by atoms with Crippen LogP contribution in [0.15, 0.2) is 83.8 Å². The highest BCUT2D eigenvalue weighted by atomic mass is 32.2. The van der Waals surface area contributed by atoms with E-state index in [1.165, 1.54) is 12.1 Å². The number of hydrogen-bond donors (Lipinski definition) is 1. The normalized spacial score (nSPS) is 12.1. The third-order valence-corrected chi connectivity index (χ3v) is 6.78. The molecule has 6 nitrogen and oxygen atoms in total. The van der Waals surface area contributed by atoms with Crippen molar-refractivity contribution in [1.82, 2.24) is 5.32 Å². The SMILES string of the molecule is CC[C@@H](NC(=O)CN(c1ccccc1)S(=O)(=O)c1ccc(F)cc1)c1ccc(OC)cc1. The van der Waals surface area contributed by atoms with Gasteiger partial charge in [-0.3, -0.25) is 9.10 Å². The average Bonchev–Trinajstić information content (AvgIpc) is 2.82. The molecule has 0 saturated heterocycles. The topological polar surface area (TPSA) is 75.7 Å². The van der Waals surface area contributed by atoms with Gasteiger partial charge in [0.1, 0.15) is 18.1 Å². The number of sulfonamides is 1. The molecule has 168 valence electrons. The number of ether oxygens (including phenoxy) is 1. The Morgan fingerprint density at radius 3 is 2.19 bits per heavy atom. The first-order valence-corrected chi connectivity index (χ1v) is 11.6. The Bertz CT molecular complexity index is 1130. The molecule has 0 spiro atoms. The predicted molar refractivity (Wildman–Crippen MR) is 122 cm³/mol. The summed E-state index contributed by atoms with van der Waals surface area (Å²) in [6.07, 6.45) is 0.619. The number of hydrogen-bond acceptors (Lipinski definition) is 4. The van der Waals surface area contributed by atoms with Crippen molar-refractivity contribution in [1.29, 1.82) is 0 Å². The molecular weight excluding hydrogens is 431 g/mol. The molecule has 1 N–H and O–H groups in total. The Morgan fingerprint density at radius 2 is 1.62 bits per heavy atom. The molecule has 0 saturated carbocycles. The summed E-state index contributed by atoms with van der Waals surface area (Å²) >= 11 is 0. The molecule has 3 aromatic rings. The van der Waals surface area contributed by atoms with Crippen LogP contribution in [0, 0.1) is 5.82 Å². The maximum Gasteiger partial charge on any atom is 0.264 e. The maximum absolute atomic E-state index is 13.3. The number of halogens is 1. The van der Waals surface area contributed by atoms with E-state index in [9.17, 15) is 17.6 Å². The highest BCUT2D eigenvalue weighted by Gasteiger charge is 2.28. The fraction of sp³-hybridized carbons (Fsp3) is 0.208. The second-order valence-corrected chi connectivity index (χ2v) is 8.96. The summed E-state index contributed by atoms with van der Waals surface area (Å²) in [4.78, 5) is 12.8. The van der Waals surface area contributed by atoms with Gasteiger partial charge in [0.15, 0.2) is 0 Å². The number of carbonyl (C=O) groups is 1. The van der Waals surface area contributed by atoms with Crippen LogP contribution < -0.4 is 14.4 Å². The van der Waals surface area contributed by atoms with E-state index in [4.69, 9.17) is 4.74 Å². The molecule has 3 rings (SSSR count). The molecule has 0 aromatic heterocycles. The second-order valence-electron chi connectivity index (χ2n) is 7.10. The quantitative estimate of drug-likeness (QED) is 0.521. The molecule has 0 radical (unpaired) electrons. The van der Waals surface area contributed by atoms with E-state index < -0.39 is 28.3 Å². The van der Waals surface area contributed by atoms with Crippen molar-refractivity contribution in [3.8, 4) is 5.75 Å². The van der Waals surface area contributed by atoms with Gasteiger partial charge in [-0.05, 0) is 60.5 Å². The first kappa shape index (κ1) is 23.3. The number of methoxy groups -OCH3 is 1. The summed E-state index contributed by atoms with van der Waals surface area (Å²) in [5.41, 5.74) is 1.22. The fourth-order valence-electron chi connectivity index (χ4n) is 3.27. The lowest BCUT2D eigenvalue weighted by Gasteiger charge is -2.25. The molecule has 3 aromatic carbocycles. The Labute approximate surface area is 187 Å². The summed E-state index contributed by atoms with van der Waals surface area (Å²) in [7, 11) is -2.52. The van der Waals surface area contributed by atoms with Crippen LogP contribution in [0.1, 0.15) is 24.9 Å². The summed E-state index contributed by atoms with van der Waals surface area (Å²) in [5.74, 6) is -0.295. The molecule has 1 amide bonds. The van der Waals surface area contributed by atoms with Gasteiger partial charge in [-0.15, -0.1) is 0 Å². The molecular formula is C24H25FN2O4S. The highest BCUT2D eigenvalue weighted by Crippen LogP contribution is 2.24. The zero-order chi connectivity index (χ0) is 23.1. The number of nitrogens with zero attached hydrogens (tertiary/aromatic N) is 1. The molecule has 8 heteroatoms. The molecule has 0 aliphatic carbocycles. The minimum absolute atomic E-state index is 0.0993. The van der Waals surface area contributed by atoms with Crippen LogP contribution in [0.25, 0.3) is 0 Å². The van der Waals surface area contributed by atoms with E-state index >= 15 is 0 Å². The van der Waals surface area contributed by atoms with Crippen molar-refractivity contribution in [2.75, 3.05) is 18.0 Å². The van der Waals surface area contributed by atoms with Gasteiger partial charge in [0.2, 0.25) is 5.91 Å². The van der Waals surface area contributed by atoms with Crippen LogP contribution in [0.2, 0.25) is 0 Å². The Kier molecular flexibility index (Phi) is 7.48. The third-order valence-electron chi connectivity index (χ3n) is 4.99. The first-order valence-electron chi connectivity index (χ1n) is 10.1. The Balaban J connectivity index is 1.85. The van der Waals surface area contributed by atoms with Gasteiger partial charge in [-0.1, -0.05) is 37.3 Å². The number of nitrogens with one attached hydrogen (secondary N) is 1. The fourth-order valence-corrected chi connectivity index (χ4v) is 4.69. The molecule has 0 aliphatic heterocycles. The Hall–Kier alpha value is -3.39. The highest BCUT2D eigenvalue weighted by molar-refractivity contribution is 7.92. The molecule has 0 fully saturated rings. The monoisotopic (exact) mass is 456 g/mol. The van der Waals surface area contributed by atoms with Crippen molar-refractivity contribution in [2.45, 2.75) is 24.3 Å². The minimum Gasteiger partial charge on any atom is -0.497 e. The van der Waals surface area contributed by atoms with Gasteiger partial charge >= 0.3 is 0 Å². The van der Waals surface area contributed by atoms with Gasteiger partial charge in [-0.2, -0.15) is 0 Å². The Morgan fingerprint density at radius 1 is 1.00 bits per heavy atom. The summed E-state index contributed by atoms with van der Waals surface area (Å²) in [5, 5.41) is 2.91. The van der Waals surface area contributed by atoms with Gasteiger partial charge in [-0.25, -0.2) is 12.8 Å². The lowest BCUT2D eigenvalue weighted by atomic mass is 10.0. The van der Waals surface area contributed by atoms with Crippen molar-refractivity contribution in [3.05, 3.63) is 90.2 Å². The van der Waals surface area contributed by atoms with Gasteiger partial charge in [0.05, 0.1) is 23.7 Å². The molecule has 1 atom stereocenters. The van der Waals surface area contributed by atoms with Crippen LogP contribution in [-0.2, 0) is 14.8 Å². The molecule has 0 unspecified atom stereocenters. The van der Waals surface area contributed by atoms with E-state index in [2.05, 4.69) is 5.32 Å². The van der Waals surface area contributed by atoms with Gasteiger partial charge in [0.25, 0.3) is 10.0 Å². The second kappa shape index (κ2) is 10.3. The first-order chi connectivity index (χ1) is 15.3. The molecule has 32 heavy (non-hydrogen) atoms. The maximum atomic E-state index is 13.3. The van der Waals surface area contributed by atoms with E-state index in [0.717, 1.165) is 22.0 Å². The van der Waals surface area contributed by atoms with Crippen molar-refractivity contribution < 1.29 is 22.3 Å². The average molecular weight is 457 g/mol.